The number of anilines is 1. The second kappa shape index (κ2) is 10.2. The van der Waals surface area contributed by atoms with Crippen LogP contribution in [0.4, 0.5) is 5.69 Å². The van der Waals surface area contributed by atoms with E-state index in [0.717, 1.165) is 22.7 Å². The summed E-state index contributed by atoms with van der Waals surface area (Å²) in [4.78, 5) is 12.5. The van der Waals surface area contributed by atoms with Crippen molar-refractivity contribution in [3.8, 4) is 11.4 Å². The molecule has 0 saturated carbocycles. The Morgan fingerprint density at radius 2 is 1.66 bits per heavy atom. The summed E-state index contributed by atoms with van der Waals surface area (Å²) in [6.45, 7) is 4.27. The molecule has 1 amide bonds. The number of rotatable bonds is 8. The van der Waals surface area contributed by atoms with E-state index in [9.17, 15) is 4.79 Å². The van der Waals surface area contributed by atoms with Gasteiger partial charge in [0.1, 0.15) is 12.4 Å². The summed E-state index contributed by atoms with van der Waals surface area (Å²) in [5, 5.41) is 12.3. The molecule has 0 fully saturated rings. The zero-order chi connectivity index (χ0) is 22.3. The highest BCUT2D eigenvalue weighted by molar-refractivity contribution is 7.99. The molecule has 0 radical (unpaired) electrons. The third-order valence-corrected chi connectivity index (χ3v) is 5.78. The van der Waals surface area contributed by atoms with Gasteiger partial charge in [-0.15, -0.1) is 10.2 Å². The summed E-state index contributed by atoms with van der Waals surface area (Å²) in [6, 6.07) is 25.4. The highest BCUT2D eigenvalue weighted by atomic mass is 32.2. The van der Waals surface area contributed by atoms with E-state index in [1.807, 2.05) is 97.3 Å². The molecule has 0 saturated heterocycles. The van der Waals surface area contributed by atoms with Crippen LogP contribution in [0.15, 0.2) is 84.0 Å². The van der Waals surface area contributed by atoms with E-state index < -0.39 is 0 Å². The van der Waals surface area contributed by atoms with Crippen molar-refractivity contribution >= 4 is 23.4 Å². The fourth-order valence-electron chi connectivity index (χ4n) is 3.14. The van der Waals surface area contributed by atoms with Crippen molar-refractivity contribution in [2.75, 3.05) is 11.1 Å². The van der Waals surface area contributed by atoms with Crippen molar-refractivity contribution in [2.45, 2.75) is 25.6 Å². The lowest BCUT2D eigenvalue weighted by Crippen LogP contribution is -2.15. The molecule has 1 heterocycles. The number of amides is 1. The van der Waals surface area contributed by atoms with E-state index in [2.05, 4.69) is 15.5 Å². The van der Waals surface area contributed by atoms with Crippen LogP contribution in [0.1, 0.15) is 17.0 Å². The average Bonchev–Trinajstić information content (AvgIpc) is 3.22. The Hall–Kier alpha value is -3.58. The van der Waals surface area contributed by atoms with Crippen LogP contribution in [-0.4, -0.2) is 26.4 Å². The van der Waals surface area contributed by atoms with E-state index in [1.54, 1.807) is 0 Å². The maximum absolute atomic E-state index is 12.5. The summed E-state index contributed by atoms with van der Waals surface area (Å²) in [5.41, 5.74) is 3.93. The van der Waals surface area contributed by atoms with E-state index in [1.165, 1.54) is 17.3 Å². The summed E-state index contributed by atoms with van der Waals surface area (Å²) >= 11 is 1.34. The number of nitrogens with one attached hydrogen (secondary N) is 1. The van der Waals surface area contributed by atoms with Gasteiger partial charge in [-0.05, 0) is 49.7 Å². The predicted octanol–water partition coefficient (Wildman–Crippen LogP) is 5.19. The molecule has 0 unspecified atom stereocenters. The van der Waals surface area contributed by atoms with E-state index in [4.69, 9.17) is 4.74 Å². The smallest absolute Gasteiger partial charge is 0.234 e. The first-order chi connectivity index (χ1) is 15.6. The van der Waals surface area contributed by atoms with Gasteiger partial charge in [-0.2, -0.15) is 0 Å². The monoisotopic (exact) mass is 444 g/mol. The second-order valence-electron chi connectivity index (χ2n) is 7.32. The van der Waals surface area contributed by atoms with Crippen LogP contribution < -0.4 is 10.1 Å². The molecule has 1 N–H and O–H groups in total. The largest absolute Gasteiger partial charge is 0.486 e. The summed E-state index contributed by atoms with van der Waals surface area (Å²) in [7, 11) is 0. The Labute approximate surface area is 191 Å². The van der Waals surface area contributed by atoms with Gasteiger partial charge < -0.3 is 10.1 Å². The number of hydrogen-bond donors (Lipinski definition) is 1. The third-order valence-electron chi connectivity index (χ3n) is 4.86. The number of aromatic nitrogens is 3. The molecule has 3 aromatic carbocycles. The van der Waals surface area contributed by atoms with Crippen LogP contribution >= 0.6 is 11.8 Å². The normalized spacial score (nSPS) is 10.7. The zero-order valence-corrected chi connectivity index (χ0v) is 18.8. The molecule has 0 aliphatic rings. The Morgan fingerprint density at radius 1 is 0.938 bits per heavy atom. The predicted molar refractivity (Wildman–Crippen MR) is 127 cm³/mol. The minimum atomic E-state index is -0.0932. The number of thioether (sulfide) groups is 1. The standard InChI is InChI=1S/C25H24N4O2S/c1-18-12-14-21(15-13-18)31-16-23-27-28-25(29(23)20-9-4-3-5-10-20)32-17-24(30)26-22-11-7-6-8-19(22)2/h3-15H,16-17H2,1-2H3,(H,26,30). The fraction of sp³-hybridized carbons (Fsp3) is 0.160. The first kappa shape index (κ1) is 21.6. The second-order valence-corrected chi connectivity index (χ2v) is 8.27. The maximum Gasteiger partial charge on any atom is 0.234 e. The number of carbonyl (C=O) groups is 1. The lowest BCUT2D eigenvalue weighted by atomic mass is 10.2. The molecular weight excluding hydrogens is 420 g/mol. The van der Waals surface area contributed by atoms with Crippen molar-refractivity contribution < 1.29 is 9.53 Å². The molecule has 4 aromatic rings. The van der Waals surface area contributed by atoms with Crippen molar-refractivity contribution in [1.82, 2.24) is 14.8 Å². The molecule has 0 atom stereocenters. The minimum absolute atomic E-state index is 0.0932. The van der Waals surface area contributed by atoms with Gasteiger partial charge in [0.15, 0.2) is 11.0 Å². The van der Waals surface area contributed by atoms with Gasteiger partial charge in [-0.1, -0.05) is 65.9 Å². The van der Waals surface area contributed by atoms with Crippen LogP contribution in [0.5, 0.6) is 5.75 Å². The Morgan fingerprint density at radius 3 is 2.41 bits per heavy atom. The van der Waals surface area contributed by atoms with Crippen LogP contribution in [0, 0.1) is 13.8 Å². The molecular formula is C25H24N4O2S. The first-order valence-electron chi connectivity index (χ1n) is 10.3. The van der Waals surface area contributed by atoms with Gasteiger partial charge in [0.25, 0.3) is 0 Å². The van der Waals surface area contributed by atoms with Crippen molar-refractivity contribution in [3.05, 3.63) is 95.8 Å². The number of para-hydroxylation sites is 2. The highest BCUT2D eigenvalue weighted by Crippen LogP contribution is 2.24. The highest BCUT2D eigenvalue weighted by Gasteiger charge is 2.16. The van der Waals surface area contributed by atoms with E-state index >= 15 is 0 Å². The van der Waals surface area contributed by atoms with E-state index in [-0.39, 0.29) is 18.3 Å². The van der Waals surface area contributed by atoms with Crippen LogP contribution in [0.25, 0.3) is 5.69 Å². The number of nitrogens with zero attached hydrogens (tertiary/aromatic N) is 3. The van der Waals surface area contributed by atoms with Gasteiger partial charge in [-0.3, -0.25) is 9.36 Å². The van der Waals surface area contributed by atoms with Crippen LogP contribution in [0.2, 0.25) is 0 Å². The third kappa shape index (κ3) is 5.36. The molecule has 162 valence electrons. The minimum Gasteiger partial charge on any atom is -0.486 e. The molecule has 0 bridgehead atoms. The van der Waals surface area contributed by atoms with E-state index in [0.29, 0.717) is 11.0 Å². The van der Waals surface area contributed by atoms with Crippen molar-refractivity contribution in [1.29, 1.82) is 0 Å². The van der Waals surface area contributed by atoms with Gasteiger partial charge in [0.2, 0.25) is 5.91 Å². The summed E-state index contributed by atoms with van der Waals surface area (Å²) in [6.07, 6.45) is 0. The number of ether oxygens (including phenoxy) is 1. The maximum atomic E-state index is 12.5. The number of aryl methyl sites for hydroxylation is 2. The van der Waals surface area contributed by atoms with Crippen molar-refractivity contribution in [3.63, 3.8) is 0 Å². The molecule has 4 rings (SSSR count). The SMILES string of the molecule is Cc1ccc(OCc2nnc(SCC(=O)Nc3ccccc3C)n2-c2ccccc2)cc1. The zero-order valence-electron chi connectivity index (χ0n) is 18.0. The number of hydrogen-bond acceptors (Lipinski definition) is 5. The fourth-order valence-corrected chi connectivity index (χ4v) is 3.91. The molecule has 0 aliphatic carbocycles. The first-order valence-corrected chi connectivity index (χ1v) is 11.3. The summed E-state index contributed by atoms with van der Waals surface area (Å²) < 4.78 is 7.86. The van der Waals surface area contributed by atoms with Gasteiger partial charge >= 0.3 is 0 Å². The Bertz CT molecular complexity index is 1190. The molecule has 1 aromatic heterocycles. The summed E-state index contributed by atoms with van der Waals surface area (Å²) in [5.74, 6) is 1.56. The Kier molecular flexibility index (Phi) is 6.87. The Balaban J connectivity index is 1.49. The van der Waals surface area contributed by atoms with Crippen LogP contribution in [-0.2, 0) is 11.4 Å². The van der Waals surface area contributed by atoms with Crippen LogP contribution in [0.3, 0.4) is 0 Å². The average molecular weight is 445 g/mol. The van der Waals surface area contributed by atoms with Crippen molar-refractivity contribution in [2.24, 2.45) is 0 Å². The lowest BCUT2D eigenvalue weighted by Gasteiger charge is -2.11. The van der Waals surface area contributed by atoms with Gasteiger partial charge in [0.05, 0.1) is 5.75 Å². The number of benzene rings is 3. The quantitative estimate of drug-likeness (QED) is 0.379. The van der Waals surface area contributed by atoms with Gasteiger partial charge in [0, 0.05) is 11.4 Å². The van der Waals surface area contributed by atoms with Gasteiger partial charge in [-0.25, -0.2) is 0 Å². The molecule has 0 aliphatic heterocycles. The molecule has 6 nitrogen and oxygen atoms in total. The number of carbonyl (C=O) groups excluding carboxylic acids is 1. The molecule has 7 heteroatoms. The topological polar surface area (TPSA) is 69.0 Å². The lowest BCUT2D eigenvalue weighted by molar-refractivity contribution is -0.113. The molecule has 0 spiro atoms. The molecule has 32 heavy (non-hydrogen) atoms.